The molecule has 108 valence electrons. The van der Waals surface area contributed by atoms with Crippen molar-refractivity contribution in [1.82, 2.24) is 10.1 Å². The van der Waals surface area contributed by atoms with Gasteiger partial charge in [-0.2, -0.15) is 4.98 Å². The molecular formula is C16H16FN3O. The zero-order chi connectivity index (χ0) is 15.0. The summed E-state index contributed by atoms with van der Waals surface area (Å²) < 4.78 is 19.1. The highest BCUT2D eigenvalue weighted by Gasteiger charge is 2.19. The SMILES string of the molecule is CC1=CC(c2nc(-c3ccc(C(C)(C)F)cc3)no2)=NC1. The van der Waals surface area contributed by atoms with E-state index in [2.05, 4.69) is 15.1 Å². The second-order valence-electron chi connectivity index (χ2n) is 5.67. The van der Waals surface area contributed by atoms with Crippen LogP contribution in [0.15, 0.2) is 45.4 Å². The summed E-state index contributed by atoms with van der Waals surface area (Å²) in [4.78, 5) is 8.66. The summed E-state index contributed by atoms with van der Waals surface area (Å²) in [7, 11) is 0. The molecule has 1 aliphatic heterocycles. The van der Waals surface area contributed by atoms with E-state index < -0.39 is 5.67 Å². The molecule has 0 N–H and O–H groups in total. The lowest BCUT2D eigenvalue weighted by Crippen LogP contribution is -2.08. The van der Waals surface area contributed by atoms with E-state index in [1.54, 1.807) is 24.3 Å². The first-order valence-electron chi connectivity index (χ1n) is 6.79. The maximum absolute atomic E-state index is 13.8. The maximum Gasteiger partial charge on any atom is 0.276 e. The third-order valence-corrected chi connectivity index (χ3v) is 3.36. The molecule has 2 aromatic rings. The van der Waals surface area contributed by atoms with Gasteiger partial charge in [0.1, 0.15) is 11.4 Å². The fourth-order valence-corrected chi connectivity index (χ4v) is 2.12. The van der Waals surface area contributed by atoms with Gasteiger partial charge in [0, 0.05) is 5.56 Å². The van der Waals surface area contributed by atoms with Gasteiger partial charge in [-0.25, -0.2) is 4.39 Å². The van der Waals surface area contributed by atoms with Crippen LogP contribution in [0.1, 0.15) is 32.2 Å². The summed E-state index contributed by atoms with van der Waals surface area (Å²) in [5.74, 6) is 0.894. The monoisotopic (exact) mass is 285 g/mol. The van der Waals surface area contributed by atoms with Crippen LogP contribution in [0.3, 0.4) is 0 Å². The van der Waals surface area contributed by atoms with Gasteiger partial charge in [-0.05, 0) is 38.0 Å². The van der Waals surface area contributed by atoms with E-state index in [1.807, 2.05) is 13.0 Å². The predicted molar refractivity (Wildman–Crippen MR) is 79.0 cm³/mol. The van der Waals surface area contributed by atoms with Gasteiger partial charge in [0.2, 0.25) is 5.82 Å². The number of benzene rings is 1. The Hall–Kier alpha value is -2.30. The van der Waals surface area contributed by atoms with Gasteiger partial charge < -0.3 is 4.52 Å². The third kappa shape index (κ3) is 2.77. The van der Waals surface area contributed by atoms with Crippen LogP contribution in [-0.2, 0) is 5.67 Å². The van der Waals surface area contributed by atoms with Crippen molar-refractivity contribution >= 4 is 5.71 Å². The molecule has 0 saturated carbocycles. The first-order chi connectivity index (χ1) is 9.93. The number of rotatable bonds is 3. The Morgan fingerprint density at radius 2 is 1.90 bits per heavy atom. The van der Waals surface area contributed by atoms with Crippen LogP contribution in [0.25, 0.3) is 11.4 Å². The average molecular weight is 285 g/mol. The summed E-state index contributed by atoms with van der Waals surface area (Å²) in [5, 5.41) is 3.96. The molecule has 0 spiro atoms. The number of aromatic nitrogens is 2. The van der Waals surface area contributed by atoms with Gasteiger partial charge >= 0.3 is 0 Å². The highest BCUT2D eigenvalue weighted by molar-refractivity contribution is 6.07. The second kappa shape index (κ2) is 4.91. The van der Waals surface area contributed by atoms with Crippen molar-refractivity contribution in [2.75, 3.05) is 6.54 Å². The molecule has 0 saturated heterocycles. The zero-order valence-corrected chi connectivity index (χ0v) is 12.2. The molecule has 0 unspecified atom stereocenters. The average Bonchev–Trinajstić information content (AvgIpc) is 3.06. The molecule has 0 bridgehead atoms. The fraction of sp³-hybridized carbons (Fsp3) is 0.312. The summed E-state index contributed by atoms with van der Waals surface area (Å²) in [5.41, 5.74) is 1.93. The Balaban J connectivity index is 1.87. The van der Waals surface area contributed by atoms with E-state index in [0.29, 0.717) is 29.5 Å². The normalized spacial score (nSPS) is 15.0. The van der Waals surface area contributed by atoms with Crippen LogP contribution >= 0.6 is 0 Å². The molecule has 2 heterocycles. The van der Waals surface area contributed by atoms with E-state index in [0.717, 1.165) is 5.56 Å². The smallest absolute Gasteiger partial charge is 0.276 e. The molecule has 0 aliphatic carbocycles. The molecule has 5 heteroatoms. The molecule has 0 atom stereocenters. The lowest BCUT2D eigenvalue weighted by molar-refractivity contribution is 0.221. The number of hydrogen-bond donors (Lipinski definition) is 0. The number of hydrogen-bond acceptors (Lipinski definition) is 4. The Bertz CT molecular complexity index is 721. The van der Waals surface area contributed by atoms with Gasteiger partial charge in [0.25, 0.3) is 5.89 Å². The molecule has 4 nitrogen and oxygen atoms in total. The minimum Gasteiger partial charge on any atom is -0.332 e. The van der Waals surface area contributed by atoms with E-state index in [-0.39, 0.29) is 0 Å². The molecule has 21 heavy (non-hydrogen) atoms. The van der Waals surface area contributed by atoms with Crippen molar-refractivity contribution in [3.8, 4) is 11.4 Å². The van der Waals surface area contributed by atoms with Crippen LogP contribution in [0, 0.1) is 0 Å². The topological polar surface area (TPSA) is 51.3 Å². The van der Waals surface area contributed by atoms with Crippen molar-refractivity contribution in [2.45, 2.75) is 26.4 Å². The standard InChI is InChI=1S/C16H16FN3O/c1-10-8-13(18-9-10)15-19-14(20-21-15)11-4-6-12(7-5-11)16(2,3)17/h4-8H,9H2,1-3H3. The Kier molecular flexibility index (Phi) is 3.20. The van der Waals surface area contributed by atoms with Crippen LogP contribution in [0.5, 0.6) is 0 Å². The summed E-state index contributed by atoms with van der Waals surface area (Å²) in [6.07, 6.45) is 1.94. The van der Waals surface area contributed by atoms with Gasteiger partial charge in [0.15, 0.2) is 0 Å². The molecule has 3 rings (SSSR count). The quantitative estimate of drug-likeness (QED) is 0.864. The van der Waals surface area contributed by atoms with Crippen LogP contribution < -0.4 is 0 Å². The highest BCUT2D eigenvalue weighted by Crippen LogP contribution is 2.26. The van der Waals surface area contributed by atoms with Crippen molar-refractivity contribution in [3.63, 3.8) is 0 Å². The lowest BCUT2D eigenvalue weighted by atomic mass is 9.99. The second-order valence-corrected chi connectivity index (χ2v) is 5.67. The molecule has 0 radical (unpaired) electrons. The van der Waals surface area contributed by atoms with Gasteiger partial charge in [-0.1, -0.05) is 29.4 Å². The van der Waals surface area contributed by atoms with Crippen LogP contribution in [0.4, 0.5) is 4.39 Å². The van der Waals surface area contributed by atoms with Gasteiger partial charge in [-0.15, -0.1) is 0 Å². The molecule has 0 fully saturated rings. The van der Waals surface area contributed by atoms with E-state index >= 15 is 0 Å². The molecule has 1 aromatic heterocycles. The summed E-state index contributed by atoms with van der Waals surface area (Å²) >= 11 is 0. The maximum atomic E-state index is 13.8. The third-order valence-electron chi connectivity index (χ3n) is 3.36. The minimum atomic E-state index is -1.36. The highest BCUT2D eigenvalue weighted by atomic mass is 19.1. The van der Waals surface area contributed by atoms with E-state index in [1.165, 1.54) is 19.4 Å². The Morgan fingerprint density at radius 3 is 2.48 bits per heavy atom. The first-order valence-corrected chi connectivity index (χ1v) is 6.79. The lowest BCUT2D eigenvalue weighted by Gasteiger charge is -2.14. The van der Waals surface area contributed by atoms with Crippen LogP contribution in [0.2, 0.25) is 0 Å². The van der Waals surface area contributed by atoms with Crippen molar-refractivity contribution in [2.24, 2.45) is 4.99 Å². The molecule has 1 aromatic carbocycles. The predicted octanol–water partition coefficient (Wildman–Crippen LogP) is 3.69. The van der Waals surface area contributed by atoms with Crippen LogP contribution in [-0.4, -0.2) is 22.4 Å². The van der Waals surface area contributed by atoms with Crippen molar-refractivity contribution < 1.29 is 8.91 Å². The number of allylic oxidation sites excluding steroid dienone is 1. The van der Waals surface area contributed by atoms with E-state index in [4.69, 9.17) is 4.52 Å². The zero-order valence-electron chi connectivity index (χ0n) is 12.2. The Labute approximate surface area is 122 Å². The number of alkyl halides is 1. The van der Waals surface area contributed by atoms with E-state index in [9.17, 15) is 4.39 Å². The Morgan fingerprint density at radius 1 is 1.19 bits per heavy atom. The minimum absolute atomic E-state index is 0.414. The summed E-state index contributed by atoms with van der Waals surface area (Å²) in [6.45, 7) is 5.74. The van der Waals surface area contributed by atoms with Crippen molar-refractivity contribution in [1.29, 1.82) is 0 Å². The summed E-state index contributed by atoms with van der Waals surface area (Å²) in [6, 6.07) is 7.07. The number of aliphatic imine (C=N–C) groups is 1. The van der Waals surface area contributed by atoms with Gasteiger partial charge in [-0.3, -0.25) is 4.99 Å². The van der Waals surface area contributed by atoms with Crippen molar-refractivity contribution in [3.05, 3.63) is 47.4 Å². The number of halogens is 1. The number of nitrogens with zero attached hydrogens (tertiary/aromatic N) is 3. The fourth-order valence-electron chi connectivity index (χ4n) is 2.12. The first kappa shape index (κ1) is 13.7. The largest absolute Gasteiger partial charge is 0.332 e. The van der Waals surface area contributed by atoms with Gasteiger partial charge in [0.05, 0.1) is 6.54 Å². The molecular weight excluding hydrogens is 269 g/mol. The molecule has 1 aliphatic rings. The molecule has 0 amide bonds.